The number of thioether (sulfide) groups is 1. The highest BCUT2D eigenvalue weighted by atomic mass is 32.2. The molecule has 0 unspecified atom stereocenters. The number of fused-ring (bicyclic) bond motifs is 1. The number of nitrogens with one attached hydrogen (secondary N) is 1. The molecule has 2 saturated carbocycles. The minimum Gasteiger partial charge on any atom is -0.493 e. The highest BCUT2D eigenvalue weighted by Gasteiger charge is 2.32. The van der Waals surface area contributed by atoms with Crippen molar-refractivity contribution >= 4 is 28.7 Å². The molecule has 39 heavy (non-hydrogen) atoms. The summed E-state index contributed by atoms with van der Waals surface area (Å²) in [5.74, 6) is 1.75. The third kappa shape index (κ3) is 7.54. The number of aromatic amines is 1. The first-order valence-corrected chi connectivity index (χ1v) is 15.7. The number of hydrogen-bond acceptors (Lipinski definition) is 6. The lowest BCUT2D eigenvalue weighted by molar-refractivity contribution is -0.143. The van der Waals surface area contributed by atoms with E-state index in [0.29, 0.717) is 31.1 Å². The van der Waals surface area contributed by atoms with E-state index in [2.05, 4.69) is 26.8 Å². The maximum absolute atomic E-state index is 13.2. The number of hydrogen-bond donors (Lipinski definition) is 1. The second-order valence-electron chi connectivity index (χ2n) is 10.9. The zero-order valence-corrected chi connectivity index (χ0v) is 24.0. The van der Waals surface area contributed by atoms with Gasteiger partial charge in [-0.15, -0.1) is 0 Å². The summed E-state index contributed by atoms with van der Waals surface area (Å²) >= 11 is 1.64. The number of amides is 1. The summed E-state index contributed by atoms with van der Waals surface area (Å²) in [5.41, 5.74) is 4.06. The molecule has 1 amide bonds. The number of ether oxygens (including phenoxy) is 2. The fraction of sp³-hybridized carbons (Fsp3) is 0.581. The zero-order chi connectivity index (χ0) is 26.9. The van der Waals surface area contributed by atoms with Crippen LogP contribution in [0.1, 0.15) is 81.9 Å². The second-order valence-corrected chi connectivity index (χ2v) is 11.8. The van der Waals surface area contributed by atoms with Crippen LogP contribution < -0.4 is 4.74 Å². The fourth-order valence-electron chi connectivity index (χ4n) is 6.00. The van der Waals surface area contributed by atoms with Crippen LogP contribution in [0.15, 0.2) is 41.7 Å². The van der Waals surface area contributed by atoms with Gasteiger partial charge in [0.1, 0.15) is 12.4 Å². The van der Waals surface area contributed by atoms with Crippen molar-refractivity contribution in [1.82, 2.24) is 19.9 Å². The minimum absolute atomic E-state index is 0.185. The molecule has 3 aromatic rings. The molecule has 0 radical (unpaired) electrons. The van der Waals surface area contributed by atoms with Gasteiger partial charge in [-0.25, -0.2) is 4.98 Å². The van der Waals surface area contributed by atoms with E-state index < -0.39 is 0 Å². The molecule has 8 heteroatoms. The molecular weight excluding hydrogens is 508 g/mol. The Morgan fingerprint density at radius 3 is 2.44 bits per heavy atom. The molecule has 0 saturated heterocycles. The molecule has 2 aliphatic rings. The maximum Gasteiger partial charge on any atom is 0.249 e. The Morgan fingerprint density at radius 1 is 1.00 bits per heavy atom. The molecule has 2 aromatic heterocycles. The molecule has 1 aromatic carbocycles. The van der Waals surface area contributed by atoms with E-state index in [-0.39, 0.29) is 12.5 Å². The average Bonchev–Trinajstić information content (AvgIpc) is 3.39. The van der Waals surface area contributed by atoms with Gasteiger partial charge in [-0.05, 0) is 50.8 Å². The number of aromatic nitrogens is 3. The summed E-state index contributed by atoms with van der Waals surface area (Å²) in [6.07, 6.45) is 14.7. The summed E-state index contributed by atoms with van der Waals surface area (Å²) < 4.78 is 11.9. The van der Waals surface area contributed by atoms with Gasteiger partial charge in [-0.1, -0.05) is 62.4 Å². The largest absolute Gasteiger partial charge is 0.493 e. The highest BCUT2D eigenvalue weighted by Crippen LogP contribution is 2.31. The minimum atomic E-state index is 0.185. The molecule has 2 heterocycles. The number of nitrogens with zero attached hydrogens (tertiary/aromatic N) is 3. The van der Waals surface area contributed by atoms with Crippen molar-refractivity contribution in [3.05, 3.63) is 47.8 Å². The van der Waals surface area contributed by atoms with Gasteiger partial charge in [0.15, 0.2) is 5.16 Å². The standard InChI is InChI=1S/C31H42N4O3S/c1-23-28(22-39-31-33-26-15-8-9-16-27(26)34-31)32-18-17-29(23)38-20-10-19-37-21-30(36)35(24-11-4-2-5-12-24)25-13-6-3-7-14-25/h8-9,15-18,24-25H,2-7,10-14,19-22H2,1H3,(H,33,34). The van der Waals surface area contributed by atoms with Gasteiger partial charge in [-0.2, -0.15) is 0 Å². The van der Waals surface area contributed by atoms with E-state index in [4.69, 9.17) is 9.47 Å². The lowest BCUT2D eigenvalue weighted by Gasteiger charge is -2.41. The van der Waals surface area contributed by atoms with E-state index >= 15 is 0 Å². The zero-order valence-electron chi connectivity index (χ0n) is 23.2. The molecular formula is C31H42N4O3S. The first-order valence-electron chi connectivity index (χ1n) is 14.7. The quantitative estimate of drug-likeness (QED) is 0.196. The number of benzene rings is 1. The van der Waals surface area contributed by atoms with E-state index in [0.717, 1.165) is 65.3 Å². The van der Waals surface area contributed by atoms with Crippen LogP contribution in [-0.2, 0) is 15.3 Å². The Labute approximate surface area is 236 Å². The van der Waals surface area contributed by atoms with Crippen LogP contribution in [0.3, 0.4) is 0 Å². The van der Waals surface area contributed by atoms with Gasteiger partial charge in [0.2, 0.25) is 5.91 Å². The number of rotatable bonds is 12. The number of carbonyl (C=O) groups is 1. The van der Waals surface area contributed by atoms with E-state index in [1.54, 1.807) is 18.0 Å². The SMILES string of the molecule is Cc1c(OCCCOCC(=O)N(C2CCCCC2)C2CCCCC2)ccnc1CSc1nc2ccccc2[nH]1. The van der Waals surface area contributed by atoms with Crippen molar-refractivity contribution in [3.63, 3.8) is 0 Å². The first-order chi connectivity index (χ1) is 19.2. The van der Waals surface area contributed by atoms with Crippen molar-refractivity contribution < 1.29 is 14.3 Å². The molecule has 0 atom stereocenters. The third-order valence-electron chi connectivity index (χ3n) is 8.11. The van der Waals surface area contributed by atoms with Gasteiger partial charge in [0, 0.05) is 36.0 Å². The third-order valence-corrected chi connectivity index (χ3v) is 9.00. The monoisotopic (exact) mass is 550 g/mol. The summed E-state index contributed by atoms with van der Waals surface area (Å²) in [5, 5.41) is 0.890. The molecule has 0 aliphatic heterocycles. The predicted molar refractivity (Wildman–Crippen MR) is 156 cm³/mol. The number of pyridine rings is 1. The van der Waals surface area contributed by atoms with Crippen LogP contribution in [0.2, 0.25) is 0 Å². The molecule has 2 fully saturated rings. The van der Waals surface area contributed by atoms with Gasteiger partial charge < -0.3 is 19.4 Å². The van der Waals surface area contributed by atoms with Crippen molar-refractivity contribution in [2.24, 2.45) is 0 Å². The average molecular weight is 551 g/mol. The van der Waals surface area contributed by atoms with Crippen molar-refractivity contribution in [3.8, 4) is 5.75 Å². The predicted octanol–water partition coefficient (Wildman–Crippen LogP) is 6.84. The van der Waals surface area contributed by atoms with Crippen LogP contribution in [0.5, 0.6) is 5.75 Å². The van der Waals surface area contributed by atoms with Crippen LogP contribution in [0, 0.1) is 6.92 Å². The van der Waals surface area contributed by atoms with Gasteiger partial charge in [0.25, 0.3) is 0 Å². The lowest BCUT2D eigenvalue weighted by atomic mass is 9.88. The fourth-order valence-corrected chi connectivity index (χ4v) is 6.91. The Kier molecular flexibility index (Phi) is 10.2. The van der Waals surface area contributed by atoms with Gasteiger partial charge in [-0.3, -0.25) is 9.78 Å². The Bertz CT molecular complexity index is 1150. The molecule has 0 bridgehead atoms. The summed E-state index contributed by atoms with van der Waals surface area (Å²) in [6, 6.07) is 10.8. The van der Waals surface area contributed by atoms with E-state index in [1.807, 2.05) is 30.3 Å². The molecule has 0 spiro atoms. The smallest absolute Gasteiger partial charge is 0.249 e. The maximum atomic E-state index is 13.2. The second kappa shape index (κ2) is 14.2. The van der Waals surface area contributed by atoms with Gasteiger partial charge >= 0.3 is 0 Å². The van der Waals surface area contributed by atoms with E-state index in [1.165, 1.54) is 38.5 Å². The Hall–Kier alpha value is -2.58. The number of H-pyrrole nitrogens is 1. The van der Waals surface area contributed by atoms with Crippen LogP contribution in [-0.4, -0.2) is 57.7 Å². The topological polar surface area (TPSA) is 80.3 Å². The number of para-hydroxylation sites is 2. The molecule has 2 aliphatic carbocycles. The van der Waals surface area contributed by atoms with Crippen LogP contribution in [0.25, 0.3) is 11.0 Å². The normalized spacial score (nSPS) is 16.9. The molecule has 210 valence electrons. The lowest BCUT2D eigenvalue weighted by Crippen LogP contribution is -2.50. The van der Waals surface area contributed by atoms with E-state index in [9.17, 15) is 4.79 Å². The molecule has 1 N–H and O–H groups in total. The highest BCUT2D eigenvalue weighted by molar-refractivity contribution is 7.98. The summed E-state index contributed by atoms with van der Waals surface area (Å²) in [7, 11) is 0. The molecule has 5 rings (SSSR count). The Morgan fingerprint density at radius 2 is 1.72 bits per heavy atom. The van der Waals surface area contributed by atoms with Crippen molar-refractivity contribution in [2.45, 2.75) is 101 Å². The first kappa shape index (κ1) is 28.0. The summed E-state index contributed by atoms with van der Waals surface area (Å²) in [4.78, 5) is 28.1. The molecule has 7 nitrogen and oxygen atoms in total. The van der Waals surface area contributed by atoms with Gasteiger partial charge in [0.05, 0.1) is 29.9 Å². The summed E-state index contributed by atoms with van der Waals surface area (Å²) in [6.45, 7) is 3.31. The Balaban J connectivity index is 1.05. The van der Waals surface area contributed by atoms with Crippen LogP contribution >= 0.6 is 11.8 Å². The van der Waals surface area contributed by atoms with Crippen molar-refractivity contribution in [2.75, 3.05) is 19.8 Å². The van der Waals surface area contributed by atoms with Crippen molar-refractivity contribution in [1.29, 1.82) is 0 Å². The number of carbonyl (C=O) groups excluding carboxylic acids is 1. The van der Waals surface area contributed by atoms with Crippen LogP contribution in [0.4, 0.5) is 0 Å². The number of imidazole rings is 1.